The molecule has 0 saturated carbocycles. The Kier molecular flexibility index (Phi) is 8.66. The van der Waals surface area contributed by atoms with Gasteiger partial charge < -0.3 is 15.5 Å². The third-order valence-corrected chi connectivity index (χ3v) is 5.34. The lowest BCUT2D eigenvalue weighted by atomic mass is 10.2. The number of aliphatic imine (C=N–C) groups is 1. The molecule has 1 unspecified atom stereocenters. The van der Waals surface area contributed by atoms with Crippen LogP contribution >= 0.6 is 11.8 Å². The number of hydrogen-bond donors (Lipinski definition) is 2. The fourth-order valence-corrected chi connectivity index (χ4v) is 3.83. The van der Waals surface area contributed by atoms with Crippen molar-refractivity contribution in [1.29, 1.82) is 0 Å². The van der Waals surface area contributed by atoms with Gasteiger partial charge in [0.1, 0.15) is 6.54 Å². The number of nitrogens with zero attached hydrogens (tertiary/aromatic N) is 2. The Morgan fingerprint density at radius 3 is 2.80 bits per heavy atom. The Morgan fingerprint density at radius 2 is 2.08 bits per heavy atom. The Labute approximate surface area is 155 Å². The van der Waals surface area contributed by atoms with Crippen LogP contribution in [0.1, 0.15) is 26.7 Å². The third kappa shape index (κ3) is 6.98. The van der Waals surface area contributed by atoms with Crippen LogP contribution in [0.4, 0.5) is 0 Å². The summed E-state index contributed by atoms with van der Waals surface area (Å²) < 4.78 is 0. The van der Waals surface area contributed by atoms with E-state index in [-0.39, 0.29) is 12.5 Å². The molecule has 1 saturated heterocycles. The van der Waals surface area contributed by atoms with E-state index in [1.54, 1.807) is 0 Å². The number of thioether (sulfide) groups is 1. The second-order valence-electron chi connectivity index (χ2n) is 6.24. The van der Waals surface area contributed by atoms with E-state index in [2.05, 4.69) is 57.8 Å². The van der Waals surface area contributed by atoms with E-state index in [9.17, 15) is 4.79 Å². The van der Waals surface area contributed by atoms with Gasteiger partial charge in [-0.2, -0.15) is 0 Å². The summed E-state index contributed by atoms with van der Waals surface area (Å²) in [5, 5.41) is 6.19. The predicted molar refractivity (Wildman–Crippen MR) is 106 cm³/mol. The van der Waals surface area contributed by atoms with Crippen LogP contribution in [0.15, 0.2) is 40.2 Å². The monoisotopic (exact) mass is 362 g/mol. The second-order valence-corrected chi connectivity index (χ2v) is 7.34. The van der Waals surface area contributed by atoms with Gasteiger partial charge in [-0.1, -0.05) is 25.1 Å². The molecule has 0 aliphatic carbocycles. The fraction of sp³-hybridized carbons (Fsp3) is 0.579. The summed E-state index contributed by atoms with van der Waals surface area (Å²) in [5.74, 6) is 2.63. The van der Waals surface area contributed by atoms with Crippen molar-refractivity contribution in [1.82, 2.24) is 15.5 Å². The fourth-order valence-electron chi connectivity index (χ4n) is 2.78. The van der Waals surface area contributed by atoms with Crippen LogP contribution < -0.4 is 10.6 Å². The highest BCUT2D eigenvalue weighted by Crippen LogP contribution is 2.25. The Bertz CT molecular complexity index is 550. The number of benzene rings is 1. The van der Waals surface area contributed by atoms with Crippen molar-refractivity contribution in [3.63, 3.8) is 0 Å². The molecular formula is C19H30N4OS. The normalized spacial score (nSPS) is 17.6. The summed E-state index contributed by atoms with van der Waals surface area (Å²) in [4.78, 5) is 19.9. The first-order valence-corrected chi connectivity index (χ1v) is 10.2. The van der Waals surface area contributed by atoms with Crippen molar-refractivity contribution in [3.8, 4) is 0 Å². The lowest BCUT2D eigenvalue weighted by molar-refractivity contribution is -0.119. The molecule has 0 spiro atoms. The molecule has 6 heteroatoms. The quantitative estimate of drug-likeness (QED) is 0.424. The van der Waals surface area contributed by atoms with Crippen molar-refractivity contribution in [3.05, 3.63) is 30.3 Å². The van der Waals surface area contributed by atoms with Crippen LogP contribution in [0.2, 0.25) is 0 Å². The first-order valence-electron chi connectivity index (χ1n) is 9.20. The summed E-state index contributed by atoms with van der Waals surface area (Å²) in [6, 6.07) is 10.6. The van der Waals surface area contributed by atoms with Crippen LogP contribution in [-0.2, 0) is 4.79 Å². The number of amides is 1. The number of rotatable bonds is 8. The third-order valence-electron chi connectivity index (χ3n) is 4.09. The van der Waals surface area contributed by atoms with Gasteiger partial charge in [0.25, 0.3) is 0 Å². The molecule has 138 valence electrons. The van der Waals surface area contributed by atoms with Crippen LogP contribution in [0.3, 0.4) is 0 Å². The lowest BCUT2D eigenvalue weighted by Crippen LogP contribution is -2.41. The SMILES string of the molecule is CCCNC(=O)CN=C(NCC)N1CCC(CSc2ccccc2)C1. The van der Waals surface area contributed by atoms with Crippen LogP contribution in [-0.4, -0.2) is 55.2 Å². The highest BCUT2D eigenvalue weighted by molar-refractivity contribution is 7.99. The smallest absolute Gasteiger partial charge is 0.241 e. The zero-order valence-electron chi connectivity index (χ0n) is 15.3. The minimum Gasteiger partial charge on any atom is -0.357 e. The Morgan fingerprint density at radius 1 is 1.28 bits per heavy atom. The molecule has 0 aromatic heterocycles. The molecule has 5 nitrogen and oxygen atoms in total. The van der Waals surface area contributed by atoms with E-state index < -0.39 is 0 Å². The molecule has 1 heterocycles. The van der Waals surface area contributed by atoms with E-state index in [0.717, 1.165) is 37.8 Å². The van der Waals surface area contributed by atoms with E-state index in [1.807, 2.05) is 18.7 Å². The van der Waals surface area contributed by atoms with E-state index in [4.69, 9.17) is 0 Å². The van der Waals surface area contributed by atoms with Crippen molar-refractivity contribution >= 4 is 23.6 Å². The molecule has 1 aliphatic rings. The van der Waals surface area contributed by atoms with E-state index >= 15 is 0 Å². The highest BCUT2D eigenvalue weighted by atomic mass is 32.2. The van der Waals surface area contributed by atoms with Gasteiger partial charge in [-0.15, -0.1) is 11.8 Å². The average Bonchev–Trinajstić information content (AvgIpc) is 3.11. The van der Waals surface area contributed by atoms with E-state index in [0.29, 0.717) is 12.5 Å². The zero-order valence-corrected chi connectivity index (χ0v) is 16.1. The number of likely N-dealkylation sites (tertiary alicyclic amines) is 1. The number of nitrogens with one attached hydrogen (secondary N) is 2. The molecule has 0 radical (unpaired) electrons. The maximum absolute atomic E-state index is 11.8. The summed E-state index contributed by atoms with van der Waals surface area (Å²) >= 11 is 1.92. The molecule has 1 aromatic carbocycles. The summed E-state index contributed by atoms with van der Waals surface area (Å²) in [6.07, 6.45) is 2.12. The predicted octanol–water partition coefficient (Wildman–Crippen LogP) is 2.59. The van der Waals surface area contributed by atoms with Gasteiger partial charge in [-0.25, -0.2) is 4.99 Å². The molecular weight excluding hydrogens is 332 g/mol. The van der Waals surface area contributed by atoms with Crippen molar-refractivity contribution in [2.45, 2.75) is 31.6 Å². The van der Waals surface area contributed by atoms with Gasteiger partial charge in [-0.05, 0) is 37.8 Å². The molecule has 1 aliphatic heterocycles. The number of guanidine groups is 1. The minimum absolute atomic E-state index is 0.00682. The van der Waals surface area contributed by atoms with Gasteiger partial charge in [-0.3, -0.25) is 4.79 Å². The van der Waals surface area contributed by atoms with Gasteiger partial charge in [0.05, 0.1) is 0 Å². The first kappa shape index (κ1) is 19.6. The van der Waals surface area contributed by atoms with Crippen molar-refractivity contribution in [2.75, 3.05) is 38.5 Å². The van der Waals surface area contributed by atoms with Gasteiger partial charge in [0.15, 0.2) is 5.96 Å². The zero-order chi connectivity index (χ0) is 17.9. The number of carbonyl (C=O) groups is 1. The van der Waals surface area contributed by atoms with Gasteiger partial charge in [0, 0.05) is 36.8 Å². The molecule has 0 bridgehead atoms. The summed E-state index contributed by atoms with van der Waals surface area (Å²) in [7, 11) is 0. The Hall–Kier alpha value is -1.69. The van der Waals surface area contributed by atoms with Crippen molar-refractivity contribution in [2.24, 2.45) is 10.9 Å². The highest BCUT2D eigenvalue weighted by Gasteiger charge is 2.25. The molecule has 1 atom stereocenters. The first-order chi connectivity index (χ1) is 12.2. The van der Waals surface area contributed by atoms with Gasteiger partial charge in [0.2, 0.25) is 5.91 Å². The molecule has 1 amide bonds. The van der Waals surface area contributed by atoms with Crippen LogP contribution in [0.5, 0.6) is 0 Å². The topological polar surface area (TPSA) is 56.7 Å². The summed E-state index contributed by atoms with van der Waals surface area (Å²) in [5.41, 5.74) is 0. The Balaban J connectivity index is 1.82. The van der Waals surface area contributed by atoms with Crippen molar-refractivity contribution < 1.29 is 4.79 Å². The largest absolute Gasteiger partial charge is 0.357 e. The second kappa shape index (κ2) is 11.0. The number of carbonyl (C=O) groups excluding carboxylic acids is 1. The number of hydrogen-bond acceptors (Lipinski definition) is 3. The lowest BCUT2D eigenvalue weighted by Gasteiger charge is -2.21. The summed E-state index contributed by atoms with van der Waals surface area (Å²) in [6.45, 7) is 7.84. The standard InChI is InChI=1S/C19H30N4OS/c1-3-11-21-18(24)13-22-19(20-4-2)23-12-10-16(14-23)15-25-17-8-6-5-7-9-17/h5-9,16H,3-4,10-15H2,1-2H3,(H,20,22)(H,21,24). The maximum atomic E-state index is 11.8. The van der Waals surface area contributed by atoms with E-state index in [1.165, 1.54) is 11.3 Å². The molecule has 2 N–H and O–H groups in total. The maximum Gasteiger partial charge on any atom is 0.241 e. The van der Waals surface area contributed by atoms with Crippen LogP contribution in [0, 0.1) is 5.92 Å². The van der Waals surface area contributed by atoms with Crippen LogP contribution in [0.25, 0.3) is 0 Å². The molecule has 2 rings (SSSR count). The van der Waals surface area contributed by atoms with Gasteiger partial charge >= 0.3 is 0 Å². The molecule has 1 aromatic rings. The molecule has 25 heavy (non-hydrogen) atoms. The molecule has 1 fully saturated rings. The minimum atomic E-state index is -0.00682. The average molecular weight is 363 g/mol.